The van der Waals surface area contributed by atoms with E-state index in [1.54, 1.807) is 0 Å². The van der Waals surface area contributed by atoms with Gasteiger partial charge in [0.15, 0.2) is 0 Å². The lowest BCUT2D eigenvalue weighted by molar-refractivity contribution is 0.241. The second-order valence-corrected chi connectivity index (χ2v) is 5.32. The van der Waals surface area contributed by atoms with Crippen LogP contribution < -0.4 is 10.1 Å². The van der Waals surface area contributed by atoms with Gasteiger partial charge in [0.05, 0.1) is 6.10 Å². The molecule has 2 rings (SSSR count). The first-order chi connectivity index (χ1) is 8.16. The Morgan fingerprint density at radius 3 is 2.88 bits per heavy atom. The summed E-state index contributed by atoms with van der Waals surface area (Å²) < 4.78 is 5.77. The molecule has 0 aromatic heterocycles. The normalized spacial score (nSPS) is 24.9. The summed E-state index contributed by atoms with van der Waals surface area (Å²) in [6.45, 7) is 8.72. The van der Waals surface area contributed by atoms with Gasteiger partial charge in [-0.3, -0.25) is 0 Å². The molecule has 2 heteroatoms. The average Bonchev–Trinajstić information content (AvgIpc) is 2.29. The van der Waals surface area contributed by atoms with Crippen LogP contribution in [0.4, 0.5) is 0 Å². The molecule has 1 saturated heterocycles. The highest BCUT2D eigenvalue weighted by Gasteiger charge is 2.22. The zero-order valence-electron chi connectivity index (χ0n) is 11.1. The van der Waals surface area contributed by atoms with Gasteiger partial charge >= 0.3 is 0 Å². The SMILES string of the molecule is CC(C)Oc1cccc(C2CCNCC2C)c1. The summed E-state index contributed by atoms with van der Waals surface area (Å²) in [7, 11) is 0. The number of nitrogens with one attached hydrogen (secondary N) is 1. The summed E-state index contributed by atoms with van der Waals surface area (Å²) in [5, 5.41) is 3.45. The second kappa shape index (κ2) is 5.54. The van der Waals surface area contributed by atoms with Gasteiger partial charge in [-0.2, -0.15) is 0 Å². The summed E-state index contributed by atoms with van der Waals surface area (Å²) in [6.07, 6.45) is 1.47. The van der Waals surface area contributed by atoms with Crippen molar-refractivity contribution in [1.82, 2.24) is 5.32 Å². The number of benzene rings is 1. The number of ether oxygens (including phenoxy) is 1. The molecule has 1 heterocycles. The van der Waals surface area contributed by atoms with E-state index in [2.05, 4.69) is 50.4 Å². The van der Waals surface area contributed by atoms with Crippen molar-refractivity contribution >= 4 is 0 Å². The van der Waals surface area contributed by atoms with Gasteiger partial charge in [-0.1, -0.05) is 19.1 Å². The Kier molecular flexibility index (Phi) is 4.06. The third-order valence-corrected chi connectivity index (χ3v) is 3.44. The molecule has 1 aromatic rings. The summed E-state index contributed by atoms with van der Waals surface area (Å²) >= 11 is 0. The quantitative estimate of drug-likeness (QED) is 0.865. The zero-order chi connectivity index (χ0) is 12.3. The molecule has 0 bridgehead atoms. The van der Waals surface area contributed by atoms with Gasteiger partial charge in [-0.25, -0.2) is 0 Å². The van der Waals surface area contributed by atoms with E-state index >= 15 is 0 Å². The van der Waals surface area contributed by atoms with Crippen molar-refractivity contribution in [2.75, 3.05) is 13.1 Å². The molecule has 0 aliphatic carbocycles. The van der Waals surface area contributed by atoms with Gasteiger partial charge in [0.25, 0.3) is 0 Å². The molecule has 1 aliphatic heterocycles. The molecule has 0 saturated carbocycles. The molecule has 1 fully saturated rings. The second-order valence-electron chi connectivity index (χ2n) is 5.32. The molecular formula is C15H23NO. The minimum absolute atomic E-state index is 0.246. The van der Waals surface area contributed by atoms with Crippen molar-refractivity contribution in [3.05, 3.63) is 29.8 Å². The van der Waals surface area contributed by atoms with Crippen molar-refractivity contribution in [3.8, 4) is 5.75 Å². The maximum absolute atomic E-state index is 5.77. The summed E-state index contributed by atoms with van der Waals surface area (Å²) in [4.78, 5) is 0. The lowest BCUT2D eigenvalue weighted by atomic mass is 9.82. The maximum atomic E-state index is 5.77. The van der Waals surface area contributed by atoms with Crippen LogP contribution in [0.3, 0.4) is 0 Å². The largest absolute Gasteiger partial charge is 0.491 e. The van der Waals surface area contributed by atoms with Crippen molar-refractivity contribution in [3.63, 3.8) is 0 Å². The molecule has 1 N–H and O–H groups in total. The Labute approximate surface area is 104 Å². The van der Waals surface area contributed by atoms with Crippen LogP contribution in [-0.4, -0.2) is 19.2 Å². The Morgan fingerprint density at radius 1 is 1.35 bits per heavy atom. The Morgan fingerprint density at radius 2 is 2.18 bits per heavy atom. The minimum atomic E-state index is 0.246. The van der Waals surface area contributed by atoms with E-state index in [0.29, 0.717) is 11.8 Å². The van der Waals surface area contributed by atoms with Crippen LogP contribution in [0.25, 0.3) is 0 Å². The monoisotopic (exact) mass is 233 g/mol. The molecule has 0 radical (unpaired) electrons. The predicted molar refractivity (Wildman–Crippen MR) is 71.6 cm³/mol. The highest BCUT2D eigenvalue weighted by Crippen LogP contribution is 2.31. The topological polar surface area (TPSA) is 21.3 Å². The van der Waals surface area contributed by atoms with E-state index in [1.807, 2.05) is 0 Å². The maximum Gasteiger partial charge on any atom is 0.119 e. The number of rotatable bonds is 3. The van der Waals surface area contributed by atoms with Crippen molar-refractivity contribution in [2.45, 2.75) is 39.2 Å². The zero-order valence-corrected chi connectivity index (χ0v) is 11.1. The first-order valence-corrected chi connectivity index (χ1v) is 6.64. The number of hydrogen-bond acceptors (Lipinski definition) is 2. The van der Waals surface area contributed by atoms with Crippen molar-refractivity contribution in [2.24, 2.45) is 5.92 Å². The van der Waals surface area contributed by atoms with Crippen LogP contribution in [0, 0.1) is 5.92 Å². The molecule has 2 nitrogen and oxygen atoms in total. The van der Waals surface area contributed by atoms with Crippen molar-refractivity contribution < 1.29 is 4.74 Å². The summed E-state index contributed by atoms with van der Waals surface area (Å²) in [6, 6.07) is 8.61. The van der Waals surface area contributed by atoms with E-state index in [0.717, 1.165) is 18.8 Å². The van der Waals surface area contributed by atoms with Crippen LogP contribution in [0.2, 0.25) is 0 Å². The van der Waals surface area contributed by atoms with Crippen LogP contribution in [0.1, 0.15) is 38.7 Å². The standard InChI is InChI=1S/C15H23NO/c1-11(2)17-14-6-4-5-13(9-14)15-7-8-16-10-12(15)3/h4-6,9,11-12,15-16H,7-8,10H2,1-3H3. The van der Waals surface area contributed by atoms with Crippen LogP contribution in [0.5, 0.6) is 5.75 Å². The summed E-state index contributed by atoms with van der Waals surface area (Å²) in [5.41, 5.74) is 1.43. The Bertz CT molecular complexity index is 362. The minimum Gasteiger partial charge on any atom is -0.491 e. The van der Waals surface area contributed by atoms with Gasteiger partial charge < -0.3 is 10.1 Å². The average molecular weight is 233 g/mol. The molecular weight excluding hydrogens is 210 g/mol. The van der Waals surface area contributed by atoms with E-state index in [9.17, 15) is 0 Å². The van der Waals surface area contributed by atoms with Crippen LogP contribution in [-0.2, 0) is 0 Å². The molecule has 2 unspecified atom stereocenters. The fourth-order valence-electron chi connectivity index (χ4n) is 2.60. The molecule has 2 atom stereocenters. The van der Waals surface area contributed by atoms with Crippen molar-refractivity contribution in [1.29, 1.82) is 0 Å². The fourth-order valence-corrected chi connectivity index (χ4v) is 2.60. The Balaban J connectivity index is 2.14. The van der Waals surface area contributed by atoms with Crippen LogP contribution in [0.15, 0.2) is 24.3 Å². The van der Waals surface area contributed by atoms with E-state index in [1.165, 1.54) is 12.0 Å². The van der Waals surface area contributed by atoms with Gasteiger partial charge in [0.2, 0.25) is 0 Å². The number of hydrogen-bond donors (Lipinski definition) is 1. The van der Waals surface area contributed by atoms with Gasteiger partial charge in [0.1, 0.15) is 5.75 Å². The molecule has 1 aliphatic rings. The smallest absolute Gasteiger partial charge is 0.119 e. The Hall–Kier alpha value is -1.02. The highest BCUT2D eigenvalue weighted by atomic mass is 16.5. The van der Waals surface area contributed by atoms with E-state index in [-0.39, 0.29) is 6.10 Å². The molecule has 1 aromatic carbocycles. The molecule has 94 valence electrons. The van der Waals surface area contributed by atoms with Crippen LogP contribution >= 0.6 is 0 Å². The van der Waals surface area contributed by atoms with E-state index < -0.39 is 0 Å². The summed E-state index contributed by atoms with van der Waals surface area (Å²) in [5.74, 6) is 2.38. The fraction of sp³-hybridized carbons (Fsp3) is 0.600. The first kappa shape index (κ1) is 12.4. The predicted octanol–water partition coefficient (Wildman–Crippen LogP) is 3.19. The number of piperidine rings is 1. The molecule has 0 spiro atoms. The lowest BCUT2D eigenvalue weighted by Crippen LogP contribution is -2.33. The first-order valence-electron chi connectivity index (χ1n) is 6.64. The molecule has 17 heavy (non-hydrogen) atoms. The third-order valence-electron chi connectivity index (χ3n) is 3.44. The highest BCUT2D eigenvalue weighted by molar-refractivity contribution is 5.31. The third kappa shape index (κ3) is 3.22. The van der Waals surface area contributed by atoms with E-state index in [4.69, 9.17) is 4.74 Å². The lowest BCUT2D eigenvalue weighted by Gasteiger charge is -2.30. The van der Waals surface area contributed by atoms with Gasteiger partial charge in [-0.15, -0.1) is 0 Å². The molecule has 0 amide bonds. The van der Waals surface area contributed by atoms with Gasteiger partial charge in [0, 0.05) is 0 Å². The van der Waals surface area contributed by atoms with Gasteiger partial charge in [-0.05, 0) is 62.9 Å².